The molecule has 1 fully saturated rings. The Kier molecular flexibility index (Phi) is 5.78. The van der Waals surface area contributed by atoms with Gasteiger partial charge in [0, 0.05) is 11.6 Å². The quantitative estimate of drug-likeness (QED) is 0.612. The van der Waals surface area contributed by atoms with Crippen molar-refractivity contribution in [3.8, 4) is 11.5 Å². The van der Waals surface area contributed by atoms with Gasteiger partial charge in [-0.15, -0.1) is 0 Å². The predicted octanol–water partition coefficient (Wildman–Crippen LogP) is 3.75. The SMILES string of the molecule is COc1ccc(/C=N\NC(=O)[C@H]2[C@H](C=C(Cl)Cl)C2(C)C)c(OC)c1. The molecule has 0 unspecified atom stereocenters. The van der Waals surface area contributed by atoms with E-state index in [-0.39, 0.29) is 27.6 Å². The lowest BCUT2D eigenvalue weighted by Gasteiger charge is -2.07. The van der Waals surface area contributed by atoms with Crippen LogP contribution in [0.2, 0.25) is 0 Å². The highest BCUT2D eigenvalue weighted by molar-refractivity contribution is 6.55. The Morgan fingerprint density at radius 1 is 1.29 bits per heavy atom. The molecule has 130 valence electrons. The summed E-state index contributed by atoms with van der Waals surface area (Å²) in [6.45, 7) is 3.98. The molecule has 1 aromatic rings. The normalized spacial score (nSPS) is 21.2. The Morgan fingerprint density at radius 3 is 2.58 bits per heavy atom. The lowest BCUT2D eigenvalue weighted by molar-refractivity contribution is -0.123. The van der Waals surface area contributed by atoms with Crippen molar-refractivity contribution in [2.24, 2.45) is 22.4 Å². The van der Waals surface area contributed by atoms with Crippen molar-refractivity contribution >= 4 is 35.3 Å². The average molecular weight is 371 g/mol. The van der Waals surface area contributed by atoms with Crippen LogP contribution in [-0.2, 0) is 4.79 Å². The summed E-state index contributed by atoms with van der Waals surface area (Å²) < 4.78 is 10.6. The minimum Gasteiger partial charge on any atom is -0.497 e. The Morgan fingerprint density at radius 2 is 2.00 bits per heavy atom. The second-order valence-corrected chi connectivity index (χ2v) is 7.13. The summed E-state index contributed by atoms with van der Waals surface area (Å²) in [7, 11) is 3.14. The van der Waals surface area contributed by atoms with Crippen molar-refractivity contribution in [2.75, 3.05) is 14.2 Å². The summed E-state index contributed by atoms with van der Waals surface area (Å²) in [4.78, 5) is 12.3. The second kappa shape index (κ2) is 7.45. The van der Waals surface area contributed by atoms with Gasteiger partial charge >= 0.3 is 0 Å². The molecule has 1 aromatic carbocycles. The maximum absolute atomic E-state index is 12.3. The highest BCUT2D eigenvalue weighted by atomic mass is 35.5. The smallest absolute Gasteiger partial charge is 0.244 e. The van der Waals surface area contributed by atoms with Gasteiger partial charge in [0.15, 0.2) is 0 Å². The maximum atomic E-state index is 12.3. The number of ether oxygens (including phenoxy) is 2. The molecule has 2 atom stereocenters. The van der Waals surface area contributed by atoms with E-state index in [1.54, 1.807) is 38.5 Å². The van der Waals surface area contributed by atoms with E-state index >= 15 is 0 Å². The molecule has 0 aromatic heterocycles. The number of rotatable bonds is 6. The summed E-state index contributed by atoms with van der Waals surface area (Å²) in [5, 5.41) is 4.01. The van der Waals surface area contributed by atoms with Gasteiger partial charge in [-0.1, -0.05) is 37.0 Å². The van der Waals surface area contributed by atoms with E-state index in [0.717, 1.165) is 5.56 Å². The van der Waals surface area contributed by atoms with Gasteiger partial charge < -0.3 is 9.47 Å². The zero-order valence-corrected chi connectivity index (χ0v) is 15.5. The molecule has 0 aliphatic heterocycles. The maximum Gasteiger partial charge on any atom is 0.244 e. The topological polar surface area (TPSA) is 59.9 Å². The summed E-state index contributed by atoms with van der Waals surface area (Å²) in [5.41, 5.74) is 3.10. The van der Waals surface area contributed by atoms with E-state index in [9.17, 15) is 4.79 Å². The highest BCUT2D eigenvalue weighted by Gasteiger charge is 2.60. The first-order valence-corrected chi connectivity index (χ1v) is 8.14. The number of methoxy groups -OCH3 is 2. The number of allylic oxidation sites excluding steroid dienone is 1. The monoisotopic (exact) mass is 370 g/mol. The minimum atomic E-state index is -0.208. The summed E-state index contributed by atoms with van der Waals surface area (Å²) in [5.74, 6) is 0.918. The lowest BCUT2D eigenvalue weighted by atomic mass is 10.1. The molecule has 1 amide bonds. The number of carbonyl (C=O) groups excluding carboxylic acids is 1. The van der Waals surface area contributed by atoms with E-state index in [1.807, 2.05) is 13.8 Å². The number of hydrogen-bond donors (Lipinski definition) is 1. The van der Waals surface area contributed by atoms with Crippen LogP contribution in [0.1, 0.15) is 19.4 Å². The average Bonchev–Trinajstić information content (AvgIpc) is 3.07. The van der Waals surface area contributed by atoms with Crippen molar-refractivity contribution in [1.29, 1.82) is 0 Å². The van der Waals surface area contributed by atoms with Crippen LogP contribution >= 0.6 is 23.2 Å². The Labute approximate surface area is 151 Å². The molecule has 1 N–H and O–H groups in total. The van der Waals surface area contributed by atoms with E-state index in [4.69, 9.17) is 32.7 Å². The molecule has 0 spiro atoms. The Bertz CT molecular complexity index is 682. The van der Waals surface area contributed by atoms with Gasteiger partial charge in [0.2, 0.25) is 5.91 Å². The fraction of sp³-hybridized carbons (Fsp3) is 0.412. The Hall–Kier alpha value is -1.72. The number of halogens is 2. The van der Waals surface area contributed by atoms with Gasteiger partial charge in [0.05, 0.1) is 26.4 Å². The molecule has 0 heterocycles. The molecule has 0 saturated heterocycles. The number of carbonyl (C=O) groups is 1. The van der Waals surface area contributed by atoms with Gasteiger partial charge in [-0.05, 0) is 29.5 Å². The Balaban J connectivity index is 2.02. The van der Waals surface area contributed by atoms with Crippen LogP contribution < -0.4 is 14.9 Å². The van der Waals surface area contributed by atoms with Gasteiger partial charge in [0.1, 0.15) is 16.0 Å². The van der Waals surface area contributed by atoms with Crippen molar-refractivity contribution in [2.45, 2.75) is 13.8 Å². The van der Waals surface area contributed by atoms with Crippen LogP contribution in [0.25, 0.3) is 0 Å². The molecule has 0 bridgehead atoms. The number of nitrogens with zero attached hydrogens (tertiary/aromatic N) is 1. The fourth-order valence-electron chi connectivity index (χ4n) is 2.79. The third-order valence-corrected chi connectivity index (χ3v) is 4.57. The van der Waals surface area contributed by atoms with Gasteiger partial charge in [-0.3, -0.25) is 4.79 Å². The number of amides is 1. The van der Waals surface area contributed by atoms with Crippen LogP contribution in [0.15, 0.2) is 33.9 Å². The molecular formula is C17H20Cl2N2O3. The molecule has 2 rings (SSSR count). The van der Waals surface area contributed by atoms with Crippen LogP contribution in [0, 0.1) is 17.3 Å². The van der Waals surface area contributed by atoms with E-state index < -0.39 is 0 Å². The fourth-order valence-corrected chi connectivity index (χ4v) is 3.06. The number of benzene rings is 1. The van der Waals surface area contributed by atoms with Crippen molar-refractivity contribution in [3.63, 3.8) is 0 Å². The third-order valence-electron chi connectivity index (χ3n) is 4.32. The standard InChI is InChI=1S/C17H20Cl2N2O3/c1-17(2)12(8-14(18)19)15(17)16(22)21-20-9-10-5-6-11(23-3)7-13(10)24-4/h5-9,12,15H,1-4H3,(H,21,22)/b20-9-/t12-,15+/m0/s1. The highest BCUT2D eigenvalue weighted by Crippen LogP contribution is 2.59. The van der Waals surface area contributed by atoms with Crippen molar-refractivity contribution in [3.05, 3.63) is 34.3 Å². The van der Waals surface area contributed by atoms with Crippen molar-refractivity contribution < 1.29 is 14.3 Å². The predicted molar refractivity (Wildman–Crippen MR) is 95.8 cm³/mol. The first kappa shape index (κ1) is 18.6. The second-order valence-electron chi connectivity index (χ2n) is 6.12. The van der Waals surface area contributed by atoms with Crippen molar-refractivity contribution in [1.82, 2.24) is 5.43 Å². The van der Waals surface area contributed by atoms with Crippen LogP contribution in [0.4, 0.5) is 0 Å². The number of hydrogen-bond acceptors (Lipinski definition) is 4. The zero-order valence-electron chi connectivity index (χ0n) is 14.0. The van der Waals surface area contributed by atoms with Gasteiger partial charge in [-0.25, -0.2) is 5.43 Å². The number of hydrazone groups is 1. The molecular weight excluding hydrogens is 351 g/mol. The molecule has 5 nitrogen and oxygen atoms in total. The molecule has 24 heavy (non-hydrogen) atoms. The first-order valence-electron chi connectivity index (χ1n) is 7.39. The molecule has 1 aliphatic rings. The number of nitrogens with one attached hydrogen (secondary N) is 1. The lowest BCUT2D eigenvalue weighted by Crippen LogP contribution is -2.22. The van der Waals surface area contributed by atoms with Gasteiger partial charge in [-0.2, -0.15) is 5.10 Å². The summed E-state index contributed by atoms with van der Waals surface area (Å²) in [6.07, 6.45) is 3.23. The zero-order chi connectivity index (χ0) is 17.9. The van der Waals surface area contributed by atoms with Crippen LogP contribution in [0.3, 0.4) is 0 Å². The largest absolute Gasteiger partial charge is 0.497 e. The van der Waals surface area contributed by atoms with Crippen LogP contribution in [0.5, 0.6) is 11.5 Å². The van der Waals surface area contributed by atoms with E-state index in [2.05, 4.69) is 10.5 Å². The molecule has 1 saturated carbocycles. The summed E-state index contributed by atoms with van der Waals surface area (Å²) >= 11 is 11.4. The van der Waals surface area contributed by atoms with E-state index in [0.29, 0.717) is 11.5 Å². The third kappa shape index (κ3) is 4.02. The molecule has 7 heteroatoms. The van der Waals surface area contributed by atoms with Crippen LogP contribution in [-0.4, -0.2) is 26.3 Å². The van der Waals surface area contributed by atoms with Gasteiger partial charge in [0.25, 0.3) is 0 Å². The first-order chi connectivity index (χ1) is 11.3. The molecule has 0 radical (unpaired) electrons. The minimum absolute atomic E-state index is 0.00761. The summed E-state index contributed by atoms with van der Waals surface area (Å²) in [6, 6.07) is 5.34. The van der Waals surface area contributed by atoms with E-state index in [1.165, 1.54) is 6.21 Å². The molecule has 1 aliphatic carbocycles.